The molecule has 0 atom stereocenters. The molecule has 0 aliphatic carbocycles. The predicted octanol–water partition coefficient (Wildman–Crippen LogP) is 1.86. The van der Waals surface area contributed by atoms with Crippen molar-refractivity contribution in [2.75, 3.05) is 31.1 Å². The molecule has 0 radical (unpaired) electrons. The van der Waals surface area contributed by atoms with Gasteiger partial charge in [-0.05, 0) is 18.4 Å². The molecule has 0 bridgehead atoms. The molecule has 96 valence electrons. The lowest BCUT2D eigenvalue weighted by Crippen LogP contribution is -2.44. The summed E-state index contributed by atoms with van der Waals surface area (Å²) in [6.45, 7) is 12.6. The fourth-order valence-corrected chi connectivity index (χ4v) is 1.41. The number of nitrogens with one attached hydrogen (secondary N) is 1. The van der Waals surface area contributed by atoms with E-state index in [0.29, 0.717) is 0 Å². The predicted molar refractivity (Wildman–Crippen MR) is 72.4 cm³/mol. The molecule has 1 N–H and O–H groups in total. The van der Waals surface area contributed by atoms with Crippen molar-refractivity contribution in [2.24, 2.45) is 5.92 Å². The number of nitrogens with zero attached hydrogens (tertiary/aromatic N) is 3. The quantitative estimate of drug-likeness (QED) is 0.808. The topological polar surface area (TPSA) is 41.1 Å². The average Bonchev–Trinajstić information content (AvgIpc) is 2.30. The van der Waals surface area contributed by atoms with E-state index < -0.39 is 0 Å². The highest BCUT2D eigenvalue weighted by Crippen LogP contribution is 2.06. The Kier molecular flexibility index (Phi) is 5.91. The highest BCUT2D eigenvalue weighted by molar-refractivity contribution is 5.30. The zero-order chi connectivity index (χ0) is 12.7. The number of rotatable bonds is 1. The van der Waals surface area contributed by atoms with Crippen LogP contribution in [0.1, 0.15) is 26.3 Å². The summed E-state index contributed by atoms with van der Waals surface area (Å²) in [6.07, 6.45) is 3.73. The van der Waals surface area contributed by atoms with Crippen LogP contribution in [0.25, 0.3) is 0 Å². The molecule has 0 unspecified atom stereocenters. The molecule has 0 amide bonds. The summed E-state index contributed by atoms with van der Waals surface area (Å²) in [5.74, 6) is 1.69. The summed E-state index contributed by atoms with van der Waals surface area (Å²) in [7, 11) is 0. The summed E-state index contributed by atoms with van der Waals surface area (Å²) in [6, 6.07) is 0. The molecule has 1 aliphatic heterocycles. The third kappa shape index (κ3) is 5.63. The highest BCUT2D eigenvalue weighted by Gasteiger charge is 2.11. The first-order valence-electron chi connectivity index (χ1n) is 6.34. The van der Waals surface area contributed by atoms with Crippen LogP contribution in [0.5, 0.6) is 0 Å². The van der Waals surface area contributed by atoms with Gasteiger partial charge >= 0.3 is 0 Å². The lowest BCUT2D eigenvalue weighted by molar-refractivity contribution is 0.579. The van der Waals surface area contributed by atoms with E-state index in [0.717, 1.165) is 43.6 Å². The fourth-order valence-electron chi connectivity index (χ4n) is 1.41. The van der Waals surface area contributed by atoms with E-state index in [4.69, 9.17) is 0 Å². The van der Waals surface area contributed by atoms with E-state index in [1.165, 1.54) is 0 Å². The molecular formula is C13H24N4. The van der Waals surface area contributed by atoms with Gasteiger partial charge in [0.25, 0.3) is 0 Å². The normalized spacial score (nSPS) is 15.5. The van der Waals surface area contributed by atoms with Crippen LogP contribution in [0.2, 0.25) is 0 Å². The Labute approximate surface area is 104 Å². The molecule has 1 aromatic rings. The molecule has 2 heterocycles. The van der Waals surface area contributed by atoms with Crippen LogP contribution in [-0.2, 0) is 0 Å². The standard InChI is InChI=1S/C9H14N4.C4H10/c1-8-6-11-9(12-7-8)13-4-2-10-3-5-13;1-4(2)3/h6-7,10H,2-5H2,1H3;4H,1-3H3. The van der Waals surface area contributed by atoms with Gasteiger partial charge in [0.2, 0.25) is 5.95 Å². The molecule has 1 saturated heterocycles. The van der Waals surface area contributed by atoms with Gasteiger partial charge in [-0.15, -0.1) is 0 Å². The van der Waals surface area contributed by atoms with Gasteiger partial charge in [0.15, 0.2) is 0 Å². The minimum atomic E-state index is 0.833. The lowest BCUT2D eigenvalue weighted by atomic mass is 10.3. The van der Waals surface area contributed by atoms with Gasteiger partial charge in [0.05, 0.1) is 0 Å². The highest BCUT2D eigenvalue weighted by atomic mass is 15.3. The van der Waals surface area contributed by atoms with E-state index in [1.807, 2.05) is 19.3 Å². The number of hydrogen-bond acceptors (Lipinski definition) is 4. The largest absolute Gasteiger partial charge is 0.338 e. The molecule has 17 heavy (non-hydrogen) atoms. The smallest absolute Gasteiger partial charge is 0.225 e. The van der Waals surface area contributed by atoms with Crippen LogP contribution < -0.4 is 10.2 Å². The lowest BCUT2D eigenvalue weighted by Gasteiger charge is -2.27. The molecular weight excluding hydrogens is 212 g/mol. The Hall–Kier alpha value is -1.16. The molecule has 0 saturated carbocycles. The monoisotopic (exact) mass is 236 g/mol. The van der Waals surface area contributed by atoms with Crippen molar-refractivity contribution in [2.45, 2.75) is 27.7 Å². The third-order valence-corrected chi connectivity index (χ3v) is 2.17. The zero-order valence-electron chi connectivity index (χ0n) is 11.4. The second-order valence-corrected chi connectivity index (χ2v) is 5.03. The van der Waals surface area contributed by atoms with E-state index in [1.54, 1.807) is 0 Å². The number of hydrogen-bond donors (Lipinski definition) is 1. The van der Waals surface area contributed by atoms with Gasteiger partial charge in [-0.25, -0.2) is 9.97 Å². The molecule has 4 heteroatoms. The SMILES string of the molecule is CC(C)C.Cc1cnc(N2CCNCC2)nc1. The number of aryl methyl sites for hydroxylation is 1. The summed E-state index contributed by atoms with van der Waals surface area (Å²) in [5, 5.41) is 3.30. The van der Waals surface area contributed by atoms with Crippen molar-refractivity contribution in [1.29, 1.82) is 0 Å². The summed E-state index contributed by atoms with van der Waals surface area (Å²) < 4.78 is 0. The van der Waals surface area contributed by atoms with Crippen LogP contribution in [-0.4, -0.2) is 36.1 Å². The molecule has 1 aromatic heterocycles. The van der Waals surface area contributed by atoms with Crippen molar-refractivity contribution in [3.05, 3.63) is 18.0 Å². The maximum absolute atomic E-state index is 4.29. The van der Waals surface area contributed by atoms with Crippen molar-refractivity contribution in [3.8, 4) is 0 Å². The Morgan fingerprint density at radius 1 is 1.12 bits per heavy atom. The second-order valence-electron chi connectivity index (χ2n) is 5.03. The van der Waals surface area contributed by atoms with Gasteiger partial charge < -0.3 is 10.2 Å². The summed E-state index contributed by atoms with van der Waals surface area (Å²) >= 11 is 0. The van der Waals surface area contributed by atoms with Gasteiger partial charge in [0.1, 0.15) is 0 Å². The van der Waals surface area contributed by atoms with E-state index in [9.17, 15) is 0 Å². The Bertz CT molecular complexity index is 299. The summed E-state index contributed by atoms with van der Waals surface area (Å²) in [5.41, 5.74) is 1.11. The molecule has 1 aliphatic rings. The van der Waals surface area contributed by atoms with Gasteiger partial charge in [0, 0.05) is 38.6 Å². The van der Waals surface area contributed by atoms with Gasteiger partial charge in [-0.1, -0.05) is 20.8 Å². The number of aromatic nitrogens is 2. The number of anilines is 1. The van der Waals surface area contributed by atoms with Gasteiger partial charge in [-0.2, -0.15) is 0 Å². The number of piperazine rings is 1. The van der Waals surface area contributed by atoms with Crippen LogP contribution >= 0.6 is 0 Å². The first-order valence-corrected chi connectivity index (χ1v) is 6.34. The van der Waals surface area contributed by atoms with Crippen LogP contribution in [0.15, 0.2) is 12.4 Å². The van der Waals surface area contributed by atoms with Crippen molar-refractivity contribution in [1.82, 2.24) is 15.3 Å². The molecule has 1 fully saturated rings. The minimum Gasteiger partial charge on any atom is -0.338 e. The maximum Gasteiger partial charge on any atom is 0.225 e. The average molecular weight is 236 g/mol. The van der Waals surface area contributed by atoms with Crippen LogP contribution in [0.4, 0.5) is 5.95 Å². The Morgan fingerprint density at radius 2 is 1.59 bits per heavy atom. The van der Waals surface area contributed by atoms with Crippen molar-refractivity contribution < 1.29 is 0 Å². The van der Waals surface area contributed by atoms with Crippen molar-refractivity contribution >= 4 is 5.95 Å². The second kappa shape index (κ2) is 7.22. The van der Waals surface area contributed by atoms with Crippen LogP contribution in [0, 0.1) is 12.8 Å². The first kappa shape index (κ1) is 13.9. The Morgan fingerprint density at radius 3 is 2.06 bits per heavy atom. The fraction of sp³-hybridized carbons (Fsp3) is 0.692. The van der Waals surface area contributed by atoms with Gasteiger partial charge in [-0.3, -0.25) is 0 Å². The Balaban J connectivity index is 0.000000317. The third-order valence-electron chi connectivity index (χ3n) is 2.17. The van der Waals surface area contributed by atoms with E-state index >= 15 is 0 Å². The minimum absolute atomic E-state index is 0.833. The summed E-state index contributed by atoms with van der Waals surface area (Å²) in [4.78, 5) is 10.8. The maximum atomic E-state index is 4.29. The molecule has 2 rings (SSSR count). The zero-order valence-corrected chi connectivity index (χ0v) is 11.4. The molecule has 0 aromatic carbocycles. The first-order chi connectivity index (χ1) is 8.09. The molecule has 4 nitrogen and oxygen atoms in total. The molecule has 0 spiro atoms. The van der Waals surface area contributed by atoms with Crippen LogP contribution in [0.3, 0.4) is 0 Å². The van der Waals surface area contributed by atoms with E-state index in [2.05, 4.69) is 41.0 Å². The van der Waals surface area contributed by atoms with Crippen molar-refractivity contribution in [3.63, 3.8) is 0 Å². The van der Waals surface area contributed by atoms with E-state index in [-0.39, 0.29) is 0 Å².